The maximum Gasteiger partial charge on any atom is 0.132 e. The monoisotopic (exact) mass is 280 g/mol. The van der Waals surface area contributed by atoms with E-state index in [-0.39, 0.29) is 28.7 Å². The van der Waals surface area contributed by atoms with Crippen LogP contribution in [0.1, 0.15) is 44.6 Å². The maximum atomic E-state index is 14.0. The van der Waals surface area contributed by atoms with Crippen LogP contribution in [-0.4, -0.2) is 21.4 Å². The van der Waals surface area contributed by atoms with Crippen LogP contribution < -0.4 is 0 Å². The highest BCUT2D eigenvalue weighted by atomic mass is 19.1. The van der Waals surface area contributed by atoms with Crippen molar-refractivity contribution in [1.29, 1.82) is 0 Å². The molecule has 0 spiro atoms. The van der Waals surface area contributed by atoms with Gasteiger partial charge < -0.3 is 15.3 Å². The lowest BCUT2D eigenvalue weighted by atomic mass is 9.62. The number of hydrogen-bond acceptors (Lipinski definition) is 3. The lowest BCUT2D eigenvalue weighted by molar-refractivity contribution is -0.0869. The maximum absolute atomic E-state index is 14.0. The summed E-state index contributed by atoms with van der Waals surface area (Å²) in [5, 5.41) is 30.3. The van der Waals surface area contributed by atoms with Crippen molar-refractivity contribution in [1.82, 2.24) is 0 Å². The molecular weight excluding hydrogens is 259 g/mol. The van der Waals surface area contributed by atoms with Crippen molar-refractivity contribution < 1.29 is 19.7 Å². The molecule has 0 aliphatic heterocycles. The Morgan fingerprint density at radius 2 is 2.00 bits per heavy atom. The first-order valence-corrected chi connectivity index (χ1v) is 7.25. The van der Waals surface area contributed by atoms with Gasteiger partial charge in [0, 0.05) is 11.6 Å². The van der Waals surface area contributed by atoms with Crippen molar-refractivity contribution in [2.24, 2.45) is 11.3 Å². The summed E-state index contributed by atoms with van der Waals surface area (Å²) in [6.45, 7) is 2.07. The second-order valence-electron chi connectivity index (χ2n) is 6.70. The van der Waals surface area contributed by atoms with Gasteiger partial charge in [0.2, 0.25) is 0 Å². The van der Waals surface area contributed by atoms with Gasteiger partial charge in [0.25, 0.3) is 0 Å². The predicted molar refractivity (Wildman–Crippen MR) is 72.7 cm³/mol. The van der Waals surface area contributed by atoms with E-state index in [0.29, 0.717) is 19.3 Å². The zero-order chi connectivity index (χ0) is 14.5. The number of aliphatic hydroxyl groups is 2. The molecule has 0 unspecified atom stereocenters. The zero-order valence-electron chi connectivity index (χ0n) is 11.6. The molecule has 0 aromatic heterocycles. The Morgan fingerprint density at radius 1 is 1.25 bits per heavy atom. The van der Waals surface area contributed by atoms with Gasteiger partial charge in [-0.15, -0.1) is 0 Å². The van der Waals surface area contributed by atoms with Gasteiger partial charge in [-0.3, -0.25) is 0 Å². The minimum Gasteiger partial charge on any atom is -0.508 e. The molecule has 2 saturated carbocycles. The molecule has 0 radical (unpaired) electrons. The van der Waals surface area contributed by atoms with Crippen LogP contribution in [0.5, 0.6) is 5.75 Å². The number of phenols is 1. The number of halogens is 1. The fourth-order valence-electron chi connectivity index (χ4n) is 4.11. The van der Waals surface area contributed by atoms with Gasteiger partial charge in [0.15, 0.2) is 0 Å². The molecule has 0 amide bonds. The summed E-state index contributed by atoms with van der Waals surface area (Å²) in [7, 11) is 0. The van der Waals surface area contributed by atoms with Crippen LogP contribution >= 0.6 is 0 Å². The summed E-state index contributed by atoms with van der Waals surface area (Å²) in [6.07, 6.45) is 2.92. The normalized spacial score (nSPS) is 40.6. The van der Waals surface area contributed by atoms with Crippen LogP contribution in [0.15, 0.2) is 18.2 Å². The Balaban J connectivity index is 1.91. The van der Waals surface area contributed by atoms with E-state index in [0.717, 1.165) is 18.9 Å². The molecule has 2 fully saturated rings. The minimum absolute atomic E-state index is 0.133. The first kappa shape index (κ1) is 13.8. The van der Waals surface area contributed by atoms with E-state index < -0.39 is 11.4 Å². The van der Waals surface area contributed by atoms with Gasteiger partial charge in [-0.05, 0) is 55.6 Å². The summed E-state index contributed by atoms with van der Waals surface area (Å²) in [4.78, 5) is 0. The van der Waals surface area contributed by atoms with Gasteiger partial charge in [0.1, 0.15) is 11.6 Å². The number of rotatable bonds is 1. The fourth-order valence-corrected chi connectivity index (χ4v) is 4.11. The third kappa shape index (κ3) is 1.93. The van der Waals surface area contributed by atoms with Crippen LogP contribution in [0.2, 0.25) is 0 Å². The van der Waals surface area contributed by atoms with Crippen molar-refractivity contribution in [2.45, 2.75) is 50.7 Å². The van der Waals surface area contributed by atoms with E-state index in [1.54, 1.807) is 0 Å². The van der Waals surface area contributed by atoms with Crippen molar-refractivity contribution in [2.75, 3.05) is 0 Å². The lowest BCUT2D eigenvalue weighted by Crippen LogP contribution is -2.44. The molecule has 1 aromatic carbocycles. The number of aliphatic hydroxyl groups excluding tert-OH is 1. The molecule has 2 aliphatic carbocycles. The Bertz CT molecular complexity index is 532. The van der Waals surface area contributed by atoms with Crippen LogP contribution in [-0.2, 0) is 5.60 Å². The number of fused-ring (bicyclic) bond motifs is 1. The molecule has 0 saturated heterocycles. The van der Waals surface area contributed by atoms with Crippen molar-refractivity contribution in [3.8, 4) is 5.75 Å². The lowest BCUT2D eigenvalue weighted by Gasteiger charge is -2.46. The summed E-state index contributed by atoms with van der Waals surface area (Å²) in [6, 6.07) is 3.93. The minimum atomic E-state index is -1.19. The molecule has 0 bridgehead atoms. The molecule has 3 nitrogen and oxygen atoms in total. The third-order valence-corrected chi connectivity index (χ3v) is 5.60. The van der Waals surface area contributed by atoms with E-state index >= 15 is 0 Å². The standard InChI is InChI=1S/C16H21FO3/c1-15-6-7-16(20,9-10(15)2-5-14(15)19)12-4-3-11(18)8-13(12)17/h3-4,8,10,14,18-20H,2,5-7,9H2,1H3/t10-,14+,15+,16-/m1/s1. The Kier molecular flexibility index (Phi) is 3.07. The molecule has 4 atom stereocenters. The second-order valence-corrected chi connectivity index (χ2v) is 6.70. The van der Waals surface area contributed by atoms with Crippen LogP contribution in [0.3, 0.4) is 0 Å². The Labute approximate surface area is 118 Å². The molecule has 2 aliphatic rings. The van der Waals surface area contributed by atoms with Crippen molar-refractivity contribution in [3.63, 3.8) is 0 Å². The molecular formula is C16H21FO3. The van der Waals surface area contributed by atoms with Crippen molar-refractivity contribution >= 4 is 0 Å². The predicted octanol–water partition coefficient (Wildman–Crippen LogP) is 2.68. The van der Waals surface area contributed by atoms with E-state index in [4.69, 9.17) is 0 Å². The Morgan fingerprint density at radius 3 is 2.70 bits per heavy atom. The largest absolute Gasteiger partial charge is 0.508 e. The molecule has 0 heterocycles. The summed E-state index contributed by atoms with van der Waals surface area (Å²) < 4.78 is 14.0. The van der Waals surface area contributed by atoms with E-state index in [1.807, 2.05) is 0 Å². The topological polar surface area (TPSA) is 60.7 Å². The Hall–Kier alpha value is -1.13. The van der Waals surface area contributed by atoms with E-state index in [1.165, 1.54) is 12.1 Å². The average molecular weight is 280 g/mol. The summed E-state index contributed by atoms with van der Waals surface area (Å²) in [5.74, 6) is -0.481. The van der Waals surface area contributed by atoms with E-state index in [9.17, 15) is 19.7 Å². The van der Waals surface area contributed by atoms with Gasteiger partial charge in [0.05, 0.1) is 11.7 Å². The van der Waals surface area contributed by atoms with Gasteiger partial charge in [-0.2, -0.15) is 0 Å². The quantitative estimate of drug-likeness (QED) is 0.741. The number of hydrogen-bond donors (Lipinski definition) is 3. The SMILES string of the molecule is C[C@]12CC[C@](O)(c3ccc(O)cc3F)C[C@H]1CC[C@@H]2O. The summed E-state index contributed by atoms with van der Waals surface area (Å²) in [5.41, 5.74) is -1.08. The zero-order valence-corrected chi connectivity index (χ0v) is 11.6. The van der Waals surface area contributed by atoms with Crippen molar-refractivity contribution in [3.05, 3.63) is 29.6 Å². The van der Waals surface area contributed by atoms with Gasteiger partial charge in [-0.25, -0.2) is 4.39 Å². The fraction of sp³-hybridized carbons (Fsp3) is 0.625. The average Bonchev–Trinajstić information content (AvgIpc) is 2.66. The number of phenolic OH excluding ortho intramolecular Hbond substituents is 1. The first-order chi connectivity index (χ1) is 9.35. The second kappa shape index (κ2) is 4.43. The number of benzene rings is 1. The smallest absolute Gasteiger partial charge is 0.132 e. The highest BCUT2D eigenvalue weighted by molar-refractivity contribution is 5.32. The van der Waals surface area contributed by atoms with Crippen LogP contribution in [0.4, 0.5) is 4.39 Å². The third-order valence-electron chi connectivity index (χ3n) is 5.60. The van der Waals surface area contributed by atoms with Crippen LogP contribution in [0.25, 0.3) is 0 Å². The molecule has 3 N–H and O–H groups in total. The van der Waals surface area contributed by atoms with Gasteiger partial charge in [-0.1, -0.05) is 6.92 Å². The molecule has 3 rings (SSSR count). The molecule has 4 heteroatoms. The van der Waals surface area contributed by atoms with E-state index in [2.05, 4.69) is 6.92 Å². The van der Waals surface area contributed by atoms with Gasteiger partial charge >= 0.3 is 0 Å². The van der Waals surface area contributed by atoms with Crippen LogP contribution in [0, 0.1) is 17.2 Å². The summed E-state index contributed by atoms with van der Waals surface area (Å²) >= 11 is 0. The first-order valence-electron chi connectivity index (χ1n) is 7.25. The molecule has 110 valence electrons. The molecule has 20 heavy (non-hydrogen) atoms. The highest BCUT2D eigenvalue weighted by Gasteiger charge is 2.53. The number of aromatic hydroxyl groups is 1. The highest BCUT2D eigenvalue weighted by Crippen LogP contribution is 2.57. The molecule has 1 aromatic rings.